The predicted molar refractivity (Wildman–Crippen MR) is 74.1 cm³/mol. The van der Waals surface area contributed by atoms with E-state index in [1.807, 2.05) is 6.92 Å². The Bertz CT molecular complexity index is 284. The number of hydrogen-bond donors (Lipinski definition) is 0. The summed E-state index contributed by atoms with van der Waals surface area (Å²) in [5.41, 5.74) is 1.45. The zero-order valence-corrected chi connectivity index (χ0v) is 11.5. The molecule has 0 bridgehead atoms. The van der Waals surface area contributed by atoms with Crippen molar-refractivity contribution in [1.82, 2.24) is 4.90 Å². The van der Waals surface area contributed by atoms with E-state index in [0.717, 1.165) is 19.4 Å². The molecule has 1 atom stereocenters. The Balaban J connectivity index is 0.000000325. The molecule has 0 fully saturated rings. The van der Waals surface area contributed by atoms with Gasteiger partial charge in [-0.15, -0.1) is 0 Å². The van der Waals surface area contributed by atoms with Crippen molar-refractivity contribution in [2.75, 3.05) is 13.6 Å². The highest BCUT2D eigenvalue weighted by Crippen LogP contribution is 2.16. The number of rotatable bonds is 5. The second-order valence-corrected chi connectivity index (χ2v) is 4.31. The smallest absolute Gasteiger partial charge is 0.209 e. The number of benzene rings is 1. The predicted octanol–water partition coefficient (Wildman–Crippen LogP) is 3.68. The fourth-order valence-corrected chi connectivity index (χ4v) is 1.42. The zero-order chi connectivity index (χ0) is 13.1. The molecule has 1 amide bonds. The first kappa shape index (κ1) is 15.7. The van der Waals surface area contributed by atoms with Gasteiger partial charge in [-0.25, -0.2) is 0 Å². The quantitative estimate of drug-likeness (QED) is 0.713. The van der Waals surface area contributed by atoms with E-state index in [-0.39, 0.29) is 0 Å². The van der Waals surface area contributed by atoms with Gasteiger partial charge in [0.05, 0.1) is 0 Å². The highest BCUT2D eigenvalue weighted by Gasteiger charge is 1.98. The van der Waals surface area contributed by atoms with Gasteiger partial charge < -0.3 is 4.90 Å². The molecule has 17 heavy (non-hydrogen) atoms. The summed E-state index contributed by atoms with van der Waals surface area (Å²) in [5.74, 6) is 0.709. The monoisotopic (exact) mass is 235 g/mol. The molecule has 0 saturated carbocycles. The lowest BCUT2D eigenvalue weighted by Gasteiger charge is -2.06. The minimum atomic E-state index is 0.709. The summed E-state index contributed by atoms with van der Waals surface area (Å²) in [6.07, 6.45) is 3.10. The van der Waals surface area contributed by atoms with Crippen LogP contribution in [0.15, 0.2) is 30.3 Å². The fourth-order valence-electron chi connectivity index (χ4n) is 1.42. The molecule has 1 aromatic rings. The fraction of sp³-hybridized carbons (Fsp3) is 0.533. The van der Waals surface area contributed by atoms with E-state index in [2.05, 4.69) is 44.2 Å². The molecule has 0 spiro atoms. The third-order valence-corrected chi connectivity index (χ3v) is 2.74. The van der Waals surface area contributed by atoms with Crippen LogP contribution in [0, 0.1) is 0 Å². The van der Waals surface area contributed by atoms with E-state index >= 15 is 0 Å². The second-order valence-electron chi connectivity index (χ2n) is 4.31. The molecule has 0 radical (unpaired) electrons. The van der Waals surface area contributed by atoms with Crippen LogP contribution in [0.25, 0.3) is 0 Å². The molecule has 0 unspecified atom stereocenters. The lowest BCUT2D eigenvalue weighted by Crippen LogP contribution is -2.15. The van der Waals surface area contributed by atoms with E-state index in [9.17, 15) is 4.79 Å². The molecule has 96 valence electrons. The van der Waals surface area contributed by atoms with E-state index in [1.54, 1.807) is 11.9 Å². The van der Waals surface area contributed by atoms with Crippen LogP contribution >= 0.6 is 0 Å². The van der Waals surface area contributed by atoms with Gasteiger partial charge in [-0.05, 0) is 24.3 Å². The molecule has 0 heterocycles. The minimum absolute atomic E-state index is 0.709. The third-order valence-electron chi connectivity index (χ3n) is 2.74. The Kier molecular flexibility index (Phi) is 9.12. The Hall–Kier alpha value is -1.31. The first-order valence-electron chi connectivity index (χ1n) is 6.36. The van der Waals surface area contributed by atoms with E-state index in [4.69, 9.17) is 0 Å². The summed E-state index contributed by atoms with van der Waals surface area (Å²) in [7, 11) is 1.77. The highest BCUT2D eigenvalue weighted by molar-refractivity contribution is 5.46. The molecule has 1 rings (SSSR count). The van der Waals surface area contributed by atoms with Crippen molar-refractivity contribution in [2.45, 2.75) is 39.5 Å². The minimum Gasteiger partial charge on any atom is -0.348 e. The van der Waals surface area contributed by atoms with Crippen molar-refractivity contribution >= 4 is 6.41 Å². The molecule has 0 aliphatic carbocycles. The van der Waals surface area contributed by atoms with Crippen molar-refractivity contribution in [2.24, 2.45) is 0 Å². The number of nitrogens with zero attached hydrogens (tertiary/aromatic N) is 1. The van der Waals surface area contributed by atoms with Gasteiger partial charge in [0.15, 0.2) is 0 Å². The van der Waals surface area contributed by atoms with E-state index in [1.165, 1.54) is 12.0 Å². The first-order valence-corrected chi connectivity index (χ1v) is 6.36. The maximum absolute atomic E-state index is 9.82. The molecular formula is C15H25NO. The summed E-state index contributed by atoms with van der Waals surface area (Å²) in [4.78, 5) is 11.4. The molecule has 0 aliphatic heterocycles. The Morgan fingerprint density at radius 1 is 1.24 bits per heavy atom. The second kappa shape index (κ2) is 9.88. The van der Waals surface area contributed by atoms with Crippen LogP contribution in [0.2, 0.25) is 0 Å². The summed E-state index contributed by atoms with van der Waals surface area (Å²) in [6, 6.07) is 10.6. The van der Waals surface area contributed by atoms with Gasteiger partial charge in [-0.2, -0.15) is 0 Å². The number of hydrogen-bond acceptors (Lipinski definition) is 1. The van der Waals surface area contributed by atoms with Gasteiger partial charge in [0.1, 0.15) is 0 Å². The number of amides is 1. The van der Waals surface area contributed by atoms with E-state index in [0.29, 0.717) is 5.92 Å². The average molecular weight is 235 g/mol. The van der Waals surface area contributed by atoms with Crippen molar-refractivity contribution in [1.29, 1.82) is 0 Å². The molecule has 2 heteroatoms. The Morgan fingerprint density at radius 3 is 2.18 bits per heavy atom. The van der Waals surface area contributed by atoms with Crippen LogP contribution in [0.5, 0.6) is 0 Å². The molecule has 1 aromatic carbocycles. The van der Waals surface area contributed by atoms with Gasteiger partial charge in [-0.1, -0.05) is 51.1 Å². The maximum Gasteiger partial charge on any atom is 0.209 e. The average Bonchev–Trinajstić information content (AvgIpc) is 2.39. The normalized spacial score (nSPS) is 11.1. The van der Waals surface area contributed by atoms with Crippen LogP contribution in [-0.2, 0) is 4.79 Å². The van der Waals surface area contributed by atoms with Gasteiger partial charge in [0.25, 0.3) is 0 Å². The Morgan fingerprint density at radius 2 is 1.82 bits per heavy atom. The van der Waals surface area contributed by atoms with Gasteiger partial charge >= 0.3 is 0 Å². The summed E-state index contributed by atoms with van der Waals surface area (Å²) >= 11 is 0. The highest BCUT2D eigenvalue weighted by atomic mass is 16.1. The molecule has 0 aliphatic rings. The van der Waals surface area contributed by atoms with Gasteiger partial charge in [0, 0.05) is 13.6 Å². The van der Waals surface area contributed by atoms with E-state index < -0.39 is 0 Å². The van der Waals surface area contributed by atoms with Crippen molar-refractivity contribution in [3.05, 3.63) is 35.9 Å². The maximum atomic E-state index is 9.82. The standard InChI is InChI=1S/C10H14.C5H11NO/c1-3-9(2)10-7-5-4-6-8-10;1-3-4-6(2)5-7/h4-9H,3H2,1-2H3;5H,3-4H2,1-2H3/t9-;/m1./s1. The van der Waals surface area contributed by atoms with Gasteiger partial charge in [0.2, 0.25) is 6.41 Å². The number of carbonyl (C=O) groups excluding carboxylic acids is 1. The SMILES string of the molecule is CCCN(C)C=O.CC[C@@H](C)c1ccccc1. The third kappa shape index (κ3) is 7.56. The van der Waals surface area contributed by atoms with Crippen LogP contribution in [-0.4, -0.2) is 24.9 Å². The first-order chi connectivity index (χ1) is 8.15. The number of carbonyl (C=O) groups is 1. The largest absolute Gasteiger partial charge is 0.348 e. The zero-order valence-electron chi connectivity index (χ0n) is 11.5. The van der Waals surface area contributed by atoms with Crippen LogP contribution < -0.4 is 0 Å². The summed E-state index contributed by atoms with van der Waals surface area (Å²) < 4.78 is 0. The lowest BCUT2D eigenvalue weighted by atomic mass is 9.99. The topological polar surface area (TPSA) is 20.3 Å². The summed E-state index contributed by atoms with van der Waals surface area (Å²) in [6.45, 7) is 7.39. The molecule has 0 N–H and O–H groups in total. The molecule has 2 nitrogen and oxygen atoms in total. The van der Waals surface area contributed by atoms with Crippen LogP contribution in [0.1, 0.15) is 45.1 Å². The molecule has 0 saturated heterocycles. The molecular weight excluding hydrogens is 210 g/mol. The van der Waals surface area contributed by atoms with Crippen LogP contribution in [0.4, 0.5) is 0 Å². The summed E-state index contributed by atoms with van der Waals surface area (Å²) in [5, 5.41) is 0. The van der Waals surface area contributed by atoms with Crippen LogP contribution in [0.3, 0.4) is 0 Å². The van der Waals surface area contributed by atoms with Crippen molar-refractivity contribution < 1.29 is 4.79 Å². The lowest BCUT2D eigenvalue weighted by molar-refractivity contribution is -0.117. The van der Waals surface area contributed by atoms with Gasteiger partial charge in [-0.3, -0.25) is 4.79 Å². The van der Waals surface area contributed by atoms with Crippen molar-refractivity contribution in [3.63, 3.8) is 0 Å². The molecule has 0 aromatic heterocycles. The van der Waals surface area contributed by atoms with Crippen molar-refractivity contribution in [3.8, 4) is 0 Å². The Labute approximate surface area is 106 Å².